The van der Waals surface area contributed by atoms with Gasteiger partial charge in [0.25, 0.3) is 11.8 Å². The molecular weight excluding hydrogens is 371 g/mol. The Morgan fingerprint density at radius 3 is 2.78 bits per heavy atom. The number of nitrogens with two attached hydrogens (primary N) is 2. The highest BCUT2D eigenvalue weighted by molar-refractivity contribution is 6.33. The predicted octanol–water partition coefficient (Wildman–Crippen LogP) is 3.51. The Morgan fingerprint density at radius 2 is 2.07 bits per heavy atom. The Bertz CT molecular complexity index is 1070. The van der Waals surface area contributed by atoms with E-state index in [1.165, 1.54) is 6.20 Å². The van der Waals surface area contributed by atoms with Gasteiger partial charge in [-0.3, -0.25) is 4.79 Å². The van der Waals surface area contributed by atoms with E-state index in [1.807, 2.05) is 6.07 Å². The normalized spacial score (nSPS) is 10.6. The molecule has 138 valence electrons. The number of aromatic nitrogens is 1. The molecule has 3 rings (SSSR count). The van der Waals surface area contributed by atoms with Crippen LogP contribution in [0.25, 0.3) is 21.9 Å². The third-order valence-electron chi connectivity index (χ3n) is 3.85. The molecule has 4 N–H and O–H groups in total. The number of hydrogen-bond acceptors (Lipinski definition) is 3. The average molecular weight is 387 g/mol. The van der Waals surface area contributed by atoms with Gasteiger partial charge < -0.3 is 16.2 Å². The summed E-state index contributed by atoms with van der Waals surface area (Å²) in [5, 5.41) is 1.53. The number of amides is 1. The van der Waals surface area contributed by atoms with Crippen LogP contribution in [0.5, 0.6) is 5.88 Å². The van der Waals surface area contributed by atoms with E-state index in [-0.39, 0.29) is 34.6 Å². The van der Waals surface area contributed by atoms with E-state index < -0.39 is 11.7 Å². The molecule has 6 nitrogen and oxygen atoms in total. The van der Waals surface area contributed by atoms with Gasteiger partial charge in [-0.05, 0) is 35.4 Å². The molecule has 1 aromatic heterocycles. The van der Waals surface area contributed by atoms with Crippen molar-refractivity contribution in [1.82, 2.24) is 4.98 Å². The Morgan fingerprint density at radius 1 is 1.30 bits per heavy atom. The van der Waals surface area contributed by atoms with Crippen molar-refractivity contribution in [3.05, 3.63) is 59.0 Å². The van der Waals surface area contributed by atoms with Crippen LogP contribution in [-0.4, -0.2) is 23.5 Å². The molecule has 0 aliphatic carbocycles. The quantitative estimate of drug-likeness (QED) is 0.527. The number of nitrogens with zero attached hydrogens (tertiary/aromatic N) is 2. The minimum atomic E-state index is -0.669. The largest absolute Gasteiger partial charge is 0.476 e. The van der Waals surface area contributed by atoms with E-state index in [9.17, 15) is 9.18 Å². The summed E-state index contributed by atoms with van der Waals surface area (Å²) < 4.78 is 20.2. The van der Waals surface area contributed by atoms with Gasteiger partial charge in [-0.2, -0.15) is 4.99 Å². The molecule has 1 amide bonds. The first-order valence-corrected chi connectivity index (χ1v) is 8.44. The SMILES string of the molecule is CCOc1ncc(Cl)c(-c2cccc3ccc(C(=O)N=C(N)N)cc23)c1F. The van der Waals surface area contributed by atoms with Crippen molar-refractivity contribution in [2.45, 2.75) is 6.92 Å². The van der Waals surface area contributed by atoms with Crippen LogP contribution in [-0.2, 0) is 0 Å². The molecule has 0 aliphatic heterocycles. The molecule has 0 saturated heterocycles. The van der Waals surface area contributed by atoms with Crippen LogP contribution in [0.1, 0.15) is 17.3 Å². The van der Waals surface area contributed by atoms with Gasteiger partial charge >= 0.3 is 0 Å². The zero-order valence-corrected chi connectivity index (χ0v) is 15.1. The Kier molecular flexibility index (Phi) is 5.23. The number of guanidine groups is 1. The number of ether oxygens (including phenoxy) is 1. The van der Waals surface area contributed by atoms with Gasteiger partial charge in [0.2, 0.25) is 0 Å². The summed E-state index contributed by atoms with van der Waals surface area (Å²) in [6, 6.07) is 10.2. The fourth-order valence-electron chi connectivity index (χ4n) is 2.74. The predicted molar refractivity (Wildman–Crippen MR) is 103 cm³/mol. The Hall–Kier alpha value is -3.19. The lowest BCUT2D eigenvalue weighted by molar-refractivity contribution is 0.100. The molecule has 0 saturated carbocycles. The zero-order valence-electron chi connectivity index (χ0n) is 14.4. The topological polar surface area (TPSA) is 104 Å². The first-order valence-electron chi connectivity index (χ1n) is 8.06. The Labute approximate surface area is 159 Å². The minimum Gasteiger partial charge on any atom is -0.476 e. The maximum atomic E-state index is 15.0. The molecule has 0 radical (unpaired) electrons. The molecule has 0 bridgehead atoms. The number of fused-ring (bicyclic) bond motifs is 1. The monoisotopic (exact) mass is 386 g/mol. The van der Waals surface area contributed by atoms with Crippen molar-refractivity contribution < 1.29 is 13.9 Å². The Balaban J connectivity index is 2.25. The molecular formula is C19H16ClFN4O2. The lowest BCUT2D eigenvalue weighted by Crippen LogP contribution is -2.24. The summed E-state index contributed by atoms with van der Waals surface area (Å²) in [7, 11) is 0. The first kappa shape index (κ1) is 18.6. The smallest absolute Gasteiger partial charge is 0.280 e. The summed E-state index contributed by atoms with van der Waals surface area (Å²) in [6.45, 7) is 1.99. The number of rotatable bonds is 4. The summed E-state index contributed by atoms with van der Waals surface area (Å²) in [4.78, 5) is 19.6. The fourth-order valence-corrected chi connectivity index (χ4v) is 2.97. The van der Waals surface area contributed by atoms with Gasteiger partial charge in [0.05, 0.1) is 17.8 Å². The highest BCUT2D eigenvalue weighted by Crippen LogP contribution is 2.38. The molecule has 1 heterocycles. The molecule has 0 unspecified atom stereocenters. The summed E-state index contributed by atoms with van der Waals surface area (Å²) in [5.41, 5.74) is 11.4. The molecule has 0 aliphatic rings. The average Bonchev–Trinajstić information content (AvgIpc) is 2.63. The minimum absolute atomic E-state index is 0.129. The first-order chi connectivity index (χ1) is 12.9. The van der Waals surface area contributed by atoms with Crippen LogP contribution in [0.4, 0.5) is 4.39 Å². The number of benzene rings is 2. The highest BCUT2D eigenvalue weighted by Gasteiger charge is 2.19. The van der Waals surface area contributed by atoms with Gasteiger partial charge in [0.1, 0.15) is 0 Å². The third-order valence-corrected chi connectivity index (χ3v) is 4.14. The fraction of sp³-hybridized carbons (Fsp3) is 0.105. The summed E-state index contributed by atoms with van der Waals surface area (Å²) in [5.74, 6) is -1.74. The second kappa shape index (κ2) is 7.59. The maximum Gasteiger partial charge on any atom is 0.280 e. The van der Waals surface area contributed by atoms with E-state index in [4.69, 9.17) is 27.8 Å². The van der Waals surface area contributed by atoms with Crippen LogP contribution in [0.2, 0.25) is 5.02 Å². The van der Waals surface area contributed by atoms with Crippen molar-refractivity contribution in [3.63, 3.8) is 0 Å². The van der Waals surface area contributed by atoms with Gasteiger partial charge in [-0.25, -0.2) is 9.37 Å². The van der Waals surface area contributed by atoms with Gasteiger partial charge in [-0.15, -0.1) is 0 Å². The van der Waals surface area contributed by atoms with Gasteiger partial charge in [0.15, 0.2) is 11.8 Å². The number of halogens is 2. The van der Waals surface area contributed by atoms with Crippen molar-refractivity contribution in [3.8, 4) is 17.0 Å². The van der Waals surface area contributed by atoms with E-state index in [0.717, 1.165) is 5.39 Å². The molecule has 8 heteroatoms. The molecule has 27 heavy (non-hydrogen) atoms. The second-order valence-electron chi connectivity index (χ2n) is 5.62. The molecule has 0 atom stereocenters. The number of pyridine rings is 1. The lowest BCUT2D eigenvalue weighted by atomic mass is 9.96. The van der Waals surface area contributed by atoms with E-state index in [0.29, 0.717) is 10.9 Å². The number of aliphatic imine (C=N–C) groups is 1. The number of carbonyl (C=O) groups is 1. The highest BCUT2D eigenvalue weighted by atomic mass is 35.5. The van der Waals surface area contributed by atoms with E-state index >= 15 is 0 Å². The van der Waals surface area contributed by atoms with Crippen LogP contribution in [0.3, 0.4) is 0 Å². The third kappa shape index (κ3) is 3.68. The number of hydrogen-bond donors (Lipinski definition) is 2. The van der Waals surface area contributed by atoms with Gasteiger partial charge in [-0.1, -0.05) is 35.9 Å². The lowest BCUT2D eigenvalue weighted by Gasteiger charge is -2.13. The molecule has 3 aromatic rings. The second-order valence-corrected chi connectivity index (χ2v) is 6.02. The number of carbonyl (C=O) groups excluding carboxylic acids is 1. The zero-order chi connectivity index (χ0) is 19.6. The summed E-state index contributed by atoms with van der Waals surface area (Å²) in [6.07, 6.45) is 1.33. The molecule has 0 spiro atoms. The maximum absolute atomic E-state index is 15.0. The summed E-state index contributed by atoms with van der Waals surface area (Å²) >= 11 is 6.23. The van der Waals surface area contributed by atoms with Crippen molar-refractivity contribution in [2.24, 2.45) is 16.5 Å². The molecule has 2 aromatic carbocycles. The molecule has 0 fully saturated rings. The van der Waals surface area contributed by atoms with E-state index in [2.05, 4.69) is 9.98 Å². The van der Waals surface area contributed by atoms with Crippen LogP contribution < -0.4 is 16.2 Å². The van der Waals surface area contributed by atoms with E-state index in [1.54, 1.807) is 37.3 Å². The van der Waals surface area contributed by atoms with Crippen molar-refractivity contribution in [1.29, 1.82) is 0 Å². The van der Waals surface area contributed by atoms with Gasteiger partial charge in [0, 0.05) is 11.1 Å². The van der Waals surface area contributed by atoms with Crippen LogP contribution in [0.15, 0.2) is 47.6 Å². The van der Waals surface area contributed by atoms with Crippen LogP contribution >= 0.6 is 11.6 Å². The van der Waals surface area contributed by atoms with Crippen LogP contribution in [0, 0.1) is 5.82 Å². The van der Waals surface area contributed by atoms with Crippen molar-refractivity contribution in [2.75, 3.05) is 6.61 Å². The standard InChI is InChI=1S/C19H16ClFN4O2/c1-2-27-18-16(21)15(14(20)9-24-18)12-5-3-4-10-6-7-11(8-13(10)12)17(26)25-19(22)23/h3-9H,2H2,1H3,(H4,22,23,25,26). The van der Waals surface area contributed by atoms with Crippen molar-refractivity contribution >= 4 is 34.2 Å².